The molecule has 2 aromatic heterocycles. The molecule has 3 heterocycles. The zero-order valence-electron chi connectivity index (χ0n) is 10.6. The lowest BCUT2D eigenvalue weighted by Gasteiger charge is -2.16. The molecule has 2 aromatic rings. The number of aromatic nitrogens is 2. The lowest BCUT2D eigenvalue weighted by atomic mass is 9.96. The van der Waals surface area contributed by atoms with Gasteiger partial charge in [0.15, 0.2) is 0 Å². The van der Waals surface area contributed by atoms with Crippen molar-refractivity contribution < 1.29 is 9.53 Å². The Balaban J connectivity index is 1.74. The molecule has 2 atom stereocenters. The van der Waals surface area contributed by atoms with Gasteiger partial charge in [-0.3, -0.25) is 9.48 Å². The average molecular weight is 277 g/mol. The maximum atomic E-state index is 12.3. The van der Waals surface area contributed by atoms with Gasteiger partial charge < -0.3 is 10.1 Å². The van der Waals surface area contributed by atoms with Crippen LogP contribution in [0.5, 0.6) is 0 Å². The number of rotatable bonds is 3. The first kappa shape index (κ1) is 12.4. The number of amides is 1. The molecule has 5 nitrogen and oxygen atoms in total. The molecule has 1 amide bonds. The Morgan fingerprint density at radius 2 is 2.53 bits per heavy atom. The van der Waals surface area contributed by atoms with Gasteiger partial charge in [-0.1, -0.05) is 0 Å². The Labute approximate surface area is 115 Å². The zero-order chi connectivity index (χ0) is 13.2. The smallest absolute Gasteiger partial charge is 0.230 e. The molecule has 0 aromatic carbocycles. The second kappa shape index (κ2) is 5.14. The molecule has 0 bridgehead atoms. The number of carbonyl (C=O) groups is 1. The van der Waals surface area contributed by atoms with Gasteiger partial charge in [-0.25, -0.2) is 0 Å². The molecule has 100 valence electrons. The molecule has 0 aliphatic carbocycles. The van der Waals surface area contributed by atoms with Crippen LogP contribution in [0, 0.1) is 5.92 Å². The first-order valence-corrected chi connectivity index (χ1v) is 7.11. The molecule has 0 spiro atoms. The third kappa shape index (κ3) is 2.54. The number of thiophene rings is 1. The maximum absolute atomic E-state index is 12.3. The fraction of sp³-hybridized carbons (Fsp3) is 0.385. The van der Waals surface area contributed by atoms with E-state index < -0.39 is 0 Å². The van der Waals surface area contributed by atoms with Crippen LogP contribution in [0.15, 0.2) is 29.2 Å². The number of anilines is 1. The minimum absolute atomic E-state index is 0.0183. The van der Waals surface area contributed by atoms with Crippen LogP contribution in [-0.2, 0) is 16.6 Å². The summed E-state index contributed by atoms with van der Waals surface area (Å²) in [5.41, 5.74) is 1.82. The van der Waals surface area contributed by atoms with Crippen molar-refractivity contribution in [2.24, 2.45) is 13.0 Å². The van der Waals surface area contributed by atoms with Gasteiger partial charge in [0, 0.05) is 30.8 Å². The first-order chi connectivity index (χ1) is 9.24. The van der Waals surface area contributed by atoms with Crippen LogP contribution in [0.3, 0.4) is 0 Å². The number of nitrogens with zero attached hydrogens (tertiary/aromatic N) is 2. The normalized spacial score (nSPS) is 22.6. The lowest BCUT2D eigenvalue weighted by Crippen LogP contribution is -2.25. The van der Waals surface area contributed by atoms with Gasteiger partial charge >= 0.3 is 0 Å². The lowest BCUT2D eigenvalue weighted by molar-refractivity contribution is -0.121. The Kier molecular flexibility index (Phi) is 3.35. The highest BCUT2D eigenvalue weighted by Gasteiger charge is 2.35. The Hall–Kier alpha value is -1.66. The summed E-state index contributed by atoms with van der Waals surface area (Å²) >= 11 is 1.57. The highest BCUT2D eigenvalue weighted by molar-refractivity contribution is 7.08. The van der Waals surface area contributed by atoms with E-state index >= 15 is 0 Å². The molecule has 1 aliphatic rings. The van der Waals surface area contributed by atoms with E-state index in [-0.39, 0.29) is 17.9 Å². The molecule has 1 aliphatic heterocycles. The van der Waals surface area contributed by atoms with Crippen molar-refractivity contribution in [3.63, 3.8) is 0 Å². The molecule has 3 rings (SSSR count). The monoisotopic (exact) mass is 277 g/mol. The van der Waals surface area contributed by atoms with Crippen LogP contribution in [0.25, 0.3) is 0 Å². The average Bonchev–Trinajstić information content (AvgIpc) is 3.07. The van der Waals surface area contributed by atoms with Crippen LogP contribution in [0.4, 0.5) is 5.69 Å². The van der Waals surface area contributed by atoms with E-state index in [4.69, 9.17) is 4.74 Å². The standard InChI is InChI=1S/C13H15N3O2S/c1-16-7-9(6-14-16)12-11(2-4-18-12)13(17)15-10-3-5-19-8-10/h3,5-8,11-12H,2,4H2,1H3,(H,15,17)/t11-,12+/m0/s1. The third-order valence-electron chi connectivity index (χ3n) is 3.27. The molecule has 1 N–H and O–H groups in total. The van der Waals surface area contributed by atoms with E-state index in [1.54, 1.807) is 22.2 Å². The summed E-state index contributed by atoms with van der Waals surface area (Å²) in [4.78, 5) is 12.3. The summed E-state index contributed by atoms with van der Waals surface area (Å²) in [6.07, 6.45) is 4.23. The molecule has 0 saturated carbocycles. The van der Waals surface area contributed by atoms with E-state index in [9.17, 15) is 4.79 Å². The Morgan fingerprint density at radius 3 is 3.21 bits per heavy atom. The van der Waals surface area contributed by atoms with Crippen LogP contribution in [-0.4, -0.2) is 22.3 Å². The third-order valence-corrected chi connectivity index (χ3v) is 3.95. The van der Waals surface area contributed by atoms with Crippen LogP contribution in [0.2, 0.25) is 0 Å². The summed E-state index contributed by atoms with van der Waals surface area (Å²) in [5.74, 6) is -0.131. The largest absolute Gasteiger partial charge is 0.373 e. The number of ether oxygens (including phenoxy) is 1. The topological polar surface area (TPSA) is 56.1 Å². The predicted octanol–water partition coefficient (Wildman–Crippen LogP) is 2.20. The number of aryl methyl sites for hydroxylation is 1. The molecule has 1 saturated heterocycles. The van der Waals surface area contributed by atoms with Crippen molar-refractivity contribution in [1.29, 1.82) is 0 Å². The van der Waals surface area contributed by atoms with Crippen molar-refractivity contribution >= 4 is 22.9 Å². The fourth-order valence-electron chi connectivity index (χ4n) is 2.34. The summed E-state index contributed by atoms with van der Waals surface area (Å²) in [5, 5.41) is 10.9. The number of hydrogen-bond acceptors (Lipinski definition) is 4. The second-order valence-corrected chi connectivity index (χ2v) is 5.42. The predicted molar refractivity (Wildman–Crippen MR) is 73.0 cm³/mol. The van der Waals surface area contributed by atoms with Crippen molar-refractivity contribution in [3.05, 3.63) is 34.8 Å². The van der Waals surface area contributed by atoms with Crippen molar-refractivity contribution in [3.8, 4) is 0 Å². The van der Waals surface area contributed by atoms with Crippen LogP contribution < -0.4 is 5.32 Å². The van der Waals surface area contributed by atoms with Crippen molar-refractivity contribution in [1.82, 2.24) is 9.78 Å². The number of nitrogens with one attached hydrogen (secondary N) is 1. The zero-order valence-corrected chi connectivity index (χ0v) is 11.4. The van der Waals surface area contributed by atoms with E-state index in [2.05, 4.69) is 10.4 Å². The minimum Gasteiger partial charge on any atom is -0.373 e. The molecular formula is C13H15N3O2S. The molecule has 0 unspecified atom stereocenters. The van der Waals surface area contributed by atoms with Gasteiger partial charge in [0.25, 0.3) is 0 Å². The van der Waals surface area contributed by atoms with Crippen LogP contribution in [0.1, 0.15) is 18.1 Å². The van der Waals surface area contributed by atoms with Gasteiger partial charge in [-0.15, -0.1) is 0 Å². The number of hydrogen-bond donors (Lipinski definition) is 1. The maximum Gasteiger partial charge on any atom is 0.230 e. The highest BCUT2D eigenvalue weighted by atomic mass is 32.1. The fourth-order valence-corrected chi connectivity index (χ4v) is 2.93. The summed E-state index contributed by atoms with van der Waals surface area (Å²) in [6, 6.07) is 1.90. The molecule has 0 radical (unpaired) electrons. The molecule has 6 heteroatoms. The van der Waals surface area contributed by atoms with Crippen molar-refractivity contribution in [2.45, 2.75) is 12.5 Å². The summed E-state index contributed by atoms with van der Waals surface area (Å²) in [7, 11) is 1.86. The first-order valence-electron chi connectivity index (χ1n) is 6.17. The SMILES string of the molecule is Cn1cc([C@H]2OCC[C@@H]2C(=O)Nc2ccsc2)cn1. The van der Waals surface area contributed by atoms with Gasteiger partial charge in [-0.05, 0) is 17.9 Å². The van der Waals surface area contributed by atoms with Crippen LogP contribution >= 0.6 is 11.3 Å². The van der Waals surface area contributed by atoms with Gasteiger partial charge in [-0.2, -0.15) is 16.4 Å². The highest BCUT2D eigenvalue weighted by Crippen LogP contribution is 2.35. The summed E-state index contributed by atoms with van der Waals surface area (Å²) in [6.45, 7) is 0.612. The quantitative estimate of drug-likeness (QED) is 0.935. The van der Waals surface area contributed by atoms with Gasteiger partial charge in [0.1, 0.15) is 0 Å². The van der Waals surface area contributed by atoms with Gasteiger partial charge in [0.2, 0.25) is 5.91 Å². The van der Waals surface area contributed by atoms with E-state index in [1.165, 1.54) is 0 Å². The Morgan fingerprint density at radius 1 is 1.63 bits per heavy atom. The molecule has 1 fully saturated rings. The number of carbonyl (C=O) groups excluding carboxylic acids is 1. The van der Waals surface area contributed by atoms with E-state index in [0.717, 1.165) is 17.7 Å². The minimum atomic E-state index is -0.188. The molecular weight excluding hydrogens is 262 g/mol. The van der Waals surface area contributed by atoms with Gasteiger partial charge in [0.05, 0.1) is 23.9 Å². The van der Waals surface area contributed by atoms with E-state index in [0.29, 0.717) is 6.61 Å². The second-order valence-electron chi connectivity index (χ2n) is 4.64. The molecule has 19 heavy (non-hydrogen) atoms. The summed E-state index contributed by atoms with van der Waals surface area (Å²) < 4.78 is 7.42. The van der Waals surface area contributed by atoms with E-state index in [1.807, 2.05) is 30.1 Å². The van der Waals surface area contributed by atoms with Crippen molar-refractivity contribution in [2.75, 3.05) is 11.9 Å². The Bertz CT molecular complexity index is 564.